The van der Waals surface area contributed by atoms with Crippen LogP contribution in [0, 0.1) is 0 Å². The van der Waals surface area contributed by atoms with E-state index in [1.807, 2.05) is 12.1 Å². The zero-order chi connectivity index (χ0) is 27.6. The molecule has 2 heteroatoms. The SMILES string of the molecule is c1ccc2cc(-c3ccc(-n4c5ccccc5c5ccc(-c6ccc7oc8ccccc8c7c6)cc54)cc3)ccc2c1. The average molecular weight is 536 g/mol. The molecule has 0 bridgehead atoms. The maximum atomic E-state index is 6.09. The first kappa shape index (κ1) is 23.1. The molecule has 196 valence electrons. The minimum absolute atomic E-state index is 0.918. The Bertz CT molecular complexity index is 2460. The van der Waals surface area contributed by atoms with Crippen molar-refractivity contribution in [1.82, 2.24) is 4.57 Å². The highest BCUT2D eigenvalue weighted by atomic mass is 16.3. The predicted molar refractivity (Wildman–Crippen MR) is 176 cm³/mol. The van der Waals surface area contributed by atoms with Crippen LogP contribution in [0.3, 0.4) is 0 Å². The molecule has 0 unspecified atom stereocenters. The van der Waals surface area contributed by atoms with Crippen LogP contribution in [-0.2, 0) is 0 Å². The zero-order valence-electron chi connectivity index (χ0n) is 22.8. The third-order valence-corrected chi connectivity index (χ3v) is 8.59. The molecule has 0 N–H and O–H groups in total. The Morgan fingerprint density at radius 3 is 1.88 bits per heavy atom. The second-order valence-electron chi connectivity index (χ2n) is 11.0. The van der Waals surface area contributed by atoms with Crippen molar-refractivity contribution in [2.24, 2.45) is 0 Å². The van der Waals surface area contributed by atoms with Gasteiger partial charge in [-0.3, -0.25) is 0 Å². The molecule has 2 nitrogen and oxygen atoms in total. The number of para-hydroxylation sites is 2. The van der Waals surface area contributed by atoms with Gasteiger partial charge in [-0.1, -0.05) is 103 Å². The lowest BCUT2D eigenvalue weighted by molar-refractivity contribution is 0.669. The largest absolute Gasteiger partial charge is 0.456 e. The summed E-state index contributed by atoms with van der Waals surface area (Å²) in [7, 11) is 0. The van der Waals surface area contributed by atoms with Gasteiger partial charge in [-0.15, -0.1) is 0 Å². The van der Waals surface area contributed by atoms with Gasteiger partial charge in [0.1, 0.15) is 11.2 Å². The molecule has 9 aromatic rings. The number of rotatable bonds is 3. The molecule has 0 aliphatic heterocycles. The summed E-state index contributed by atoms with van der Waals surface area (Å²) in [4.78, 5) is 0. The molecular formula is C40H25NO. The van der Waals surface area contributed by atoms with Crippen molar-refractivity contribution >= 4 is 54.5 Å². The Morgan fingerprint density at radius 2 is 0.976 bits per heavy atom. The lowest BCUT2D eigenvalue weighted by Crippen LogP contribution is -1.94. The van der Waals surface area contributed by atoms with Crippen LogP contribution in [0.4, 0.5) is 0 Å². The van der Waals surface area contributed by atoms with E-state index < -0.39 is 0 Å². The van der Waals surface area contributed by atoms with Gasteiger partial charge in [0.25, 0.3) is 0 Å². The van der Waals surface area contributed by atoms with Crippen molar-refractivity contribution < 1.29 is 4.42 Å². The predicted octanol–water partition coefficient (Wildman–Crippen LogP) is 11.2. The van der Waals surface area contributed by atoms with E-state index in [1.165, 1.54) is 54.8 Å². The van der Waals surface area contributed by atoms with E-state index in [9.17, 15) is 0 Å². The summed E-state index contributed by atoms with van der Waals surface area (Å²) in [5.74, 6) is 0. The Labute approximate surface area is 242 Å². The van der Waals surface area contributed by atoms with Gasteiger partial charge < -0.3 is 8.98 Å². The molecule has 0 saturated carbocycles. The standard InChI is InChI=1S/C40H25NO/c1-2-8-28-23-29(14-13-26(28)7-1)27-15-19-32(20-16-27)41-37-11-5-3-9-33(37)34-21-17-31(25-38(34)41)30-18-22-40-36(24-30)35-10-4-6-12-39(35)42-40/h1-25H. The van der Waals surface area contributed by atoms with Crippen LogP contribution < -0.4 is 0 Å². The van der Waals surface area contributed by atoms with Crippen LogP contribution in [0.15, 0.2) is 156 Å². The van der Waals surface area contributed by atoms with Gasteiger partial charge in [0.15, 0.2) is 0 Å². The number of fused-ring (bicyclic) bond motifs is 7. The Hall–Kier alpha value is -5.60. The first-order valence-corrected chi connectivity index (χ1v) is 14.3. The Morgan fingerprint density at radius 1 is 0.357 bits per heavy atom. The topological polar surface area (TPSA) is 18.1 Å². The first-order valence-electron chi connectivity index (χ1n) is 14.3. The minimum Gasteiger partial charge on any atom is -0.456 e. The van der Waals surface area contributed by atoms with Crippen LogP contribution in [0.2, 0.25) is 0 Å². The highest BCUT2D eigenvalue weighted by Gasteiger charge is 2.14. The average Bonchev–Trinajstić information content (AvgIpc) is 3.59. The molecule has 0 amide bonds. The summed E-state index contributed by atoms with van der Waals surface area (Å²) in [5.41, 5.74) is 10.2. The van der Waals surface area contributed by atoms with E-state index in [4.69, 9.17) is 4.42 Å². The van der Waals surface area contributed by atoms with Gasteiger partial charge >= 0.3 is 0 Å². The summed E-state index contributed by atoms with van der Waals surface area (Å²) >= 11 is 0. The molecule has 7 aromatic carbocycles. The summed E-state index contributed by atoms with van der Waals surface area (Å²) in [6.07, 6.45) is 0. The van der Waals surface area contributed by atoms with E-state index >= 15 is 0 Å². The Balaban J connectivity index is 1.20. The third-order valence-electron chi connectivity index (χ3n) is 8.59. The fraction of sp³-hybridized carbons (Fsp3) is 0. The molecule has 9 rings (SSSR count). The zero-order valence-corrected chi connectivity index (χ0v) is 22.8. The van der Waals surface area contributed by atoms with Crippen LogP contribution >= 0.6 is 0 Å². The number of nitrogens with zero attached hydrogens (tertiary/aromatic N) is 1. The second-order valence-corrected chi connectivity index (χ2v) is 11.0. The van der Waals surface area contributed by atoms with E-state index in [0.717, 1.165) is 27.6 Å². The summed E-state index contributed by atoms with van der Waals surface area (Å²) in [5, 5.41) is 7.33. The van der Waals surface area contributed by atoms with Crippen molar-refractivity contribution in [3.63, 3.8) is 0 Å². The van der Waals surface area contributed by atoms with Crippen LogP contribution in [-0.4, -0.2) is 4.57 Å². The highest BCUT2D eigenvalue weighted by Crippen LogP contribution is 2.37. The van der Waals surface area contributed by atoms with Crippen molar-refractivity contribution in [3.05, 3.63) is 152 Å². The molecule has 0 radical (unpaired) electrons. The third kappa shape index (κ3) is 3.52. The van der Waals surface area contributed by atoms with Crippen molar-refractivity contribution in [3.8, 4) is 27.9 Å². The molecule has 0 aliphatic carbocycles. The second kappa shape index (κ2) is 8.95. The molecule has 2 heterocycles. The molecule has 0 atom stereocenters. The fourth-order valence-corrected chi connectivity index (χ4v) is 6.51. The number of hydrogen-bond donors (Lipinski definition) is 0. The number of benzene rings is 7. The molecule has 0 saturated heterocycles. The normalized spacial score (nSPS) is 11.8. The van der Waals surface area contributed by atoms with Crippen LogP contribution in [0.5, 0.6) is 0 Å². The fourth-order valence-electron chi connectivity index (χ4n) is 6.51. The number of aromatic nitrogens is 1. The van der Waals surface area contributed by atoms with Gasteiger partial charge in [0.2, 0.25) is 0 Å². The maximum Gasteiger partial charge on any atom is 0.135 e. The van der Waals surface area contributed by atoms with Crippen LogP contribution in [0.1, 0.15) is 0 Å². The Kier molecular flexibility index (Phi) is 4.93. The van der Waals surface area contributed by atoms with E-state index in [2.05, 4.69) is 144 Å². The van der Waals surface area contributed by atoms with E-state index in [-0.39, 0.29) is 0 Å². The van der Waals surface area contributed by atoms with Gasteiger partial charge in [0.05, 0.1) is 11.0 Å². The van der Waals surface area contributed by atoms with E-state index in [1.54, 1.807) is 0 Å². The van der Waals surface area contributed by atoms with Crippen molar-refractivity contribution in [2.45, 2.75) is 0 Å². The first-order chi connectivity index (χ1) is 20.8. The highest BCUT2D eigenvalue weighted by molar-refractivity contribution is 6.11. The van der Waals surface area contributed by atoms with Gasteiger partial charge in [-0.05, 0) is 81.6 Å². The smallest absolute Gasteiger partial charge is 0.135 e. The van der Waals surface area contributed by atoms with Gasteiger partial charge in [-0.25, -0.2) is 0 Å². The molecule has 0 spiro atoms. The van der Waals surface area contributed by atoms with Gasteiger partial charge in [0, 0.05) is 27.2 Å². The lowest BCUT2D eigenvalue weighted by atomic mass is 10.0. The monoisotopic (exact) mass is 535 g/mol. The molecule has 0 aliphatic rings. The van der Waals surface area contributed by atoms with Crippen LogP contribution in [0.25, 0.3) is 82.5 Å². The molecular weight excluding hydrogens is 510 g/mol. The quantitative estimate of drug-likeness (QED) is 0.220. The van der Waals surface area contributed by atoms with Crippen molar-refractivity contribution in [2.75, 3.05) is 0 Å². The minimum atomic E-state index is 0.918. The summed E-state index contributed by atoms with van der Waals surface area (Å²) < 4.78 is 8.48. The molecule has 0 fully saturated rings. The van der Waals surface area contributed by atoms with Gasteiger partial charge in [-0.2, -0.15) is 0 Å². The lowest BCUT2D eigenvalue weighted by Gasteiger charge is -2.11. The summed E-state index contributed by atoms with van der Waals surface area (Å²) in [6, 6.07) is 54.5. The number of hydrogen-bond acceptors (Lipinski definition) is 1. The molecule has 2 aromatic heterocycles. The number of furan rings is 1. The van der Waals surface area contributed by atoms with Crippen molar-refractivity contribution in [1.29, 1.82) is 0 Å². The summed E-state index contributed by atoms with van der Waals surface area (Å²) in [6.45, 7) is 0. The molecule has 42 heavy (non-hydrogen) atoms. The maximum absolute atomic E-state index is 6.09. The van der Waals surface area contributed by atoms with E-state index in [0.29, 0.717) is 0 Å².